The molecule has 124 valence electrons. The lowest BCUT2D eigenvalue weighted by atomic mass is 9.51. The lowest BCUT2D eigenvalue weighted by Gasteiger charge is -2.59. The van der Waals surface area contributed by atoms with Crippen LogP contribution in [0.1, 0.15) is 38.5 Å². The van der Waals surface area contributed by atoms with Gasteiger partial charge in [0, 0.05) is 5.54 Å². The number of amides is 1. The van der Waals surface area contributed by atoms with E-state index in [9.17, 15) is 27.1 Å². The van der Waals surface area contributed by atoms with Gasteiger partial charge in [-0.3, -0.25) is 9.35 Å². The molecule has 5 unspecified atom stereocenters. The van der Waals surface area contributed by atoms with Crippen LogP contribution in [0.2, 0.25) is 0 Å². The number of aliphatic hydroxyl groups is 1. The van der Waals surface area contributed by atoms with Crippen molar-refractivity contribution in [2.75, 3.05) is 0 Å². The van der Waals surface area contributed by atoms with Crippen molar-refractivity contribution in [2.24, 2.45) is 17.3 Å². The summed E-state index contributed by atoms with van der Waals surface area (Å²) in [5, 5.41) is 7.92. The predicted octanol–water partition coefficient (Wildman–Crippen LogP) is 0.667. The van der Waals surface area contributed by atoms with E-state index >= 15 is 0 Å². The molecular weight excluding hydrogens is 320 g/mol. The van der Waals surface area contributed by atoms with Gasteiger partial charge in [0.05, 0.1) is 5.60 Å². The minimum absolute atomic E-state index is 0.158. The number of fused-ring (bicyclic) bond motifs is 2. The molecule has 3 bridgehead atoms. The van der Waals surface area contributed by atoms with Crippen molar-refractivity contribution < 1.29 is 31.7 Å². The summed E-state index contributed by atoms with van der Waals surface area (Å²) in [6.07, 6.45) is 3.45. The van der Waals surface area contributed by atoms with Gasteiger partial charge in [0.1, 0.15) is 0 Å². The monoisotopic (exact) mass is 337 g/mol. The quantitative estimate of drug-likeness (QED) is 0.657. The van der Waals surface area contributed by atoms with Gasteiger partial charge in [0.2, 0.25) is 0 Å². The van der Waals surface area contributed by atoms with Crippen molar-refractivity contribution in [3.8, 4) is 0 Å². The lowest BCUT2D eigenvalue weighted by Crippen LogP contribution is -2.69. The second-order valence-electron chi connectivity index (χ2n) is 7.67. The minimum Gasteiger partial charge on any atom is -0.390 e. The molecule has 0 radical (unpaired) electrons. The lowest BCUT2D eigenvalue weighted by molar-refractivity contribution is -0.146. The largest absolute Gasteiger partial charge is 0.446 e. The molecule has 0 aromatic rings. The molecule has 4 rings (SSSR count). The van der Waals surface area contributed by atoms with E-state index in [1.165, 1.54) is 0 Å². The average molecular weight is 337 g/mol. The average Bonchev–Trinajstić information content (AvgIpc) is 2.61. The molecule has 4 saturated carbocycles. The van der Waals surface area contributed by atoms with Gasteiger partial charge in [0.25, 0.3) is 0 Å². The molecule has 1 amide bonds. The van der Waals surface area contributed by atoms with Crippen molar-refractivity contribution in [1.82, 2.24) is 5.32 Å². The number of carbonyl (C=O) groups excluding carboxylic acids is 1. The molecule has 22 heavy (non-hydrogen) atoms. The molecule has 4 fully saturated rings. The molecule has 9 heteroatoms. The summed E-state index contributed by atoms with van der Waals surface area (Å²) in [5.74, 6) is -1.62. The number of hydrogen-bond acceptors (Lipinski definition) is 4. The third kappa shape index (κ3) is 1.50. The number of nitrogens with one attached hydrogen (secondary N) is 1. The van der Waals surface area contributed by atoms with Gasteiger partial charge in [-0.2, -0.15) is 17.2 Å². The maximum atomic E-state index is 13.5. The zero-order chi connectivity index (χ0) is 16.2. The van der Waals surface area contributed by atoms with Crippen molar-refractivity contribution in [2.45, 2.75) is 54.9 Å². The molecule has 1 spiro atoms. The molecule has 4 aliphatic carbocycles. The molecule has 0 saturated heterocycles. The van der Waals surface area contributed by atoms with Gasteiger partial charge in [-0.25, -0.2) is 0 Å². The summed E-state index contributed by atoms with van der Waals surface area (Å²) in [4.78, 5) is 11.8. The van der Waals surface area contributed by atoms with Gasteiger partial charge in [0.15, 0.2) is 0 Å². The van der Waals surface area contributed by atoms with Crippen LogP contribution in [0.25, 0.3) is 0 Å². The molecule has 0 aliphatic heterocycles. The molecule has 6 nitrogen and oxygen atoms in total. The van der Waals surface area contributed by atoms with E-state index in [4.69, 9.17) is 4.55 Å². The summed E-state index contributed by atoms with van der Waals surface area (Å²) in [5.41, 5.74) is -2.04. The Bertz CT molecular complexity index is 678. The highest BCUT2D eigenvalue weighted by molar-refractivity contribution is 7.87. The van der Waals surface area contributed by atoms with E-state index in [1.807, 2.05) is 0 Å². The van der Waals surface area contributed by atoms with Gasteiger partial charge in [-0.15, -0.1) is 0 Å². The van der Waals surface area contributed by atoms with E-state index in [0.29, 0.717) is 32.1 Å². The van der Waals surface area contributed by atoms with Gasteiger partial charge < -0.3 is 10.4 Å². The van der Waals surface area contributed by atoms with Crippen molar-refractivity contribution >= 4 is 16.0 Å². The summed E-state index contributed by atoms with van der Waals surface area (Å²) >= 11 is 0. The highest BCUT2D eigenvalue weighted by Crippen LogP contribution is 2.78. The Morgan fingerprint density at radius 3 is 2.50 bits per heavy atom. The summed E-state index contributed by atoms with van der Waals surface area (Å²) in [6, 6.07) is 0. The summed E-state index contributed by atoms with van der Waals surface area (Å²) in [6.45, 7) is 0. The van der Waals surface area contributed by atoms with Crippen molar-refractivity contribution in [3.05, 3.63) is 0 Å². The second-order valence-corrected chi connectivity index (χ2v) is 9.13. The van der Waals surface area contributed by atoms with Crippen LogP contribution in [0.15, 0.2) is 0 Å². The van der Waals surface area contributed by atoms with E-state index in [1.54, 1.807) is 0 Å². The Kier molecular flexibility index (Phi) is 2.45. The van der Waals surface area contributed by atoms with Crippen LogP contribution < -0.4 is 5.32 Å². The first-order valence-corrected chi connectivity index (χ1v) is 8.77. The number of halogens is 2. The Labute approximate surface area is 126 Å². The molecule has 0 aromatic carbocycles. The van der Waals surface area contributed by atoms with Crippen LogP contribution in [-0.4, -0.2) is 40.4 Å². The third-order valence-electron chi connectivity index (χ3n) is 6.50. The Morgan fingerprint density at radius 1 is 1.18 bits per heavy atom. The zero-order valence-corrected chi connectivity index (χ0v) is 12.5. The van der Waals surface area contributed by atoms with E-state index in [0.717, 1.165) is 6.42 Å². The highest BCUT2D eigenvalue weighted by atomic mass is 32.2. The Morgan fingerprint density at radius 2 is 1.86 bits per heavy atom. The van der Waals surface area contributed by atoms with Crippen molar-refractivity contribution in [1.29, 1.82) is 0 Å². The van der Waals surface area contributed by atoms with Crippen LogP contribution in [0.3, 0.4) is 0 Å². The van der Waals surface area contributed by atoms with Crippen LogP contribution in [-0.2, 0) is 14.9 Å². The molecule has 4 aliphatic rings. The summed E-state index contributed by atoms with van der Waals surface area (Å²) < 4.78 is 57.1. The standard InChI is InChI=1S/C13H17F2NO5S/c14-13(15,22(19,20)21)9(17)16-12-3-7-1-10(18)4-8(5-12)11(12,2-7)6-10/h7-8,18H,1-6H2,(H,16,17)(H,19,20,21). The highest BCUT2D eigenvalue weighted by Gasteiger charge is 2.78. The fourth-order valence-electron chi connectivity index (χ4n) is 6.05. The van der Waals surface area contributed by atoms with E-state index < -0.39 is 37.8 Å². The Balaban J connectivity index is 1.65. The maximum absolute atomic E-state index is 13.5. The molecule has 0 aromatic heterocycles. The zero-order valence-electron chi connectivity index (χ0n) is 11.7. The Hall–Kier alpha value is -0.800. The first-order chi connectivity index (χ1) is 9.93. The second kappa shape index (κ2) is 3.64. The number of hydrogen-bond donors (Lipinski definition) is 3. The van der Waals surface area contributed by atoms with Crippen LogP contribution >= 0.6 is 0 Å². The molecule has 3 N–H and O–H groups in total. The number of carbonyl (C=O) groups is 1. The van der Waals surface area contributed by atoms with Gasteiger partial charge in [-0.1, -0.05) is 0 Å². The topological polar surface area (TPSA) is 104 Å². The normalized spacial score (nSPS) is 48.9. The smallest absolute Gasteiger partial charge is 0.390 e. The van der Waals surface area contributed by atoms with Gasteiger partial charge >= 0.3 is 21.3 Å². The fraction of sp³-hybridized carbons (Fsp3) is 0.923. The minimum atomic E-state index is -5.80. The number of alkyl halides is 2. The molecule has 0 heterocycles. The SMILES string of the molecule is O=C(NC12CC3CC4(O)CC(C1)C2(C3)C4)C(F)(F)S(=O)(=O)O. The third-order valence-corrected chi connectivity index (χ3v) is 7.33. The first kappa shape index (κ1) is 14.8. The predicted molar refractivity (Wildman–Crippen MR) is 69.4 cm³/mol. The van der Waals surface area contributed by atoms with Crippen LogP contribution in [0, 0.1) is 17.3 Å². The van der Waals surface area contributed by atoms with E-state index in [-0.39, 0.29) is 11.8 Å². The van der Waals surface area contributed by atoms with Gasteiger partial charge in [-0.05, 0) is 55.8 Å². The molecule has 5 atom stereocenters. The maximum Gasteiger partial charge on any atom is 0.446 e. The fourth-order valence-corrected chi connectivity index (χ4v) is 6.34. The molecular formula is C13H17F2NO5S. The first-order valence-electron chi connectivity index (χ1n) is 7.33. The van der Waals surface area contributed by atoms with E-state index in [2.05, 4.69) is 5.32 Å². The van der Waals surface area contributed by atoms with Crippen LogP contribution in [0.4, 0.5) is 8.78 Å². The van der Waals surface area contributed by atoms with Crippen molar-refractivity contribution in [3.63, 3.8) is 0 Å². The summed E-state index contributed by atoms with van der Waals surface area (Å²) in [7, 11) is -5.80. The number of rotatable bonds is 3. The van der Waals surface area contributed by atoms with Crippen LogP contribution in [0.5, 0.6) is 0 Å².